The van der Waals surface area contributed by atoms with E-state index in [1.807, 2.05) is 0 Å². The summed E-state index contributed by atoms with van der Waals surface area (Å²) < 4.78 is 37.4. The molecule has 1 saturated heterocycles. The van der Waals surface area contributed by atoms with Gasteiger partial charge in [0.25, 0.3) is 0 Å². The van der Waals surface area contributed by atoms with Crippen LogP contribution in [0.3, 0.4) is 0 Å². The summed E-state index contributed by atoms with van der Waals surface area (Å²) >= 11 is 0. The number of nitrogens with one attached hydrogen (secondary N) is 1. The van der Waals surface area contributed by atoms with E-state index in [2.05, 4.69) is 10.2 Å². The molecule has 1 unspecified atom stereocenters. The van der Waals surface area contributed by atoms with Crippen molar-refractivity contribution in [2.24, 2.45) is 5.92 Å². The van der Waals surface area contributed by atoms with Crippen LogP contribution in [0.4, 0.5) is 10.1 Å². The van der Waals surface area contributed by atoms with Crippen LogP contribution in [0.15, 0.2) is 24.3 Å². The normalized spacial score (nSPS) is 21.3. The first-order valence-corrected chi connectivity index (χ1v) is 11.1. The minimum absolute atomic E-state index is 0.0458. The van der Waals surface area contributed by atoms with Crippen LogP contribution < -0.4 is 10.2 Å². The maximum absolute atomic E-state index is 13.0. The van der Waals surface area contributed by atoms with Gasteiger partial charge in [0.1, 0.15) is 5.82 Å². The molecule has 0 radical (unpaired) electrons. The third-order valence-electron chi connectivity index (χ3n) is 5.49. The summed E-state index contributed by atoms with van der Waals surface area (Å²) in [4.78, 5) is 14.2. The van der Waals surface area contributed by atoms with Crippen molar-refractivity contribution in [1.29, 1.82) is 0 Å². The maximum Gasteiger partial charge on any atom is 0.221 e. The van der Waals surface area contributed by atoms with Crippen molar-refractivity contribution >= 4 is 21.4 Å². The monoisotopic (exact) mass is 382 g/mol. The van der Waals surface area contributed by atoms with Gasteiger partial charge in [0.15, 0.2) is 9.84 Å². The second-order valence-corrected chi connectivity index (χ2v) is 9.81. The van der Waals surface area contributed by atoms with Gasteiger partial charge in [0, 0.05) is 31.7 Å². The Hall–Kier alpha value is -1.63. The van der Waals surface area contributed by atoms with Gasteiger partial charge < -0.3 is 10.2 Å². The smallest absolute Gasteiger partial charge is 0.221 e. The molecule has 1 aromatic carbocycles. The SMILES string of the molecule is O=C(CCS(=O)(=O)C1CCCC1)NCC1CCN(c2ccc(F)cc2)C1. The maximum atomic E-state index is 13.0. The van der Waals surface area contributed by atoms with Crippen LogP contribution in [0.5, 0.6) is 0 Å². The number of carbonyl (C=O) groups is 1. The molecule has 3 rings (SSSR count). The minimum Gasteiger partial charge on any atom is -0.371 e. The fourth-order valence-electron chi connectivity index (χ4n) is 3.88. The highest BCUT2D eigenvalue weighted by atomic mass is 32.2. The molecule has 2 aliphatic rings. The molecule has 2 fully saturated rings. The van der Waals surface area contributed by atoms with E-state index in [0.717, 1.165) is 50.9 Å². The summed E-state index contributed by atoms with van der Waals surface area (Å²) in [6, 6.07) is 6.44. The van der Waals surface area contributed by atoms with Crippen LogP contribution in [0, 0.1) is 11.7 Å². The van der Waals surface area contributed by atoms with Crippen LogP contribution in [0.25, 0.3) is 0 Å². The van der Waals surface area contributed by atoms with E-state index < -0.39 is 9.84 Å². The predicted molar refractivity (Wildman–Crippen MR) is 100 cm³/mol. The Labute approximate surface area is 154 Å². The minimum atomic E-state index is -3.14. The van der Waals surface area contributed by atoms with Gasteiger partial charge in [0.2, 0.25) is 5.91 Å². The molecule has 1 aliphatic carbocycles. The number of halogens is 1. The molecule has 0 spiro atoms. The van der Waals surface area contributed by atoms with Crippen molar-refractivity contribution < 1.29 is 17.6 Å². The zero-order chi connectivity index (χ0) is 18.6. The van der Waals surface area contributed by atoms with Crippen LogP contribution in [-0.4, -0.2) is 45.0 Å². The molecule has 1 aliphatic heterocycles. The van der Waals surface area contributed by atoms with Gasteiger partial charge in [-0.2, -0.15) is 0 Å². The van der Waals surface area contributed by atoms with Crippen molar-refractivity contribution in [3.8, 4) is 0 Å². The highest BCUT2D eigenvalue weighted by molar-refractivity contribution is 7.92. The molecule has 0 bridgehead atoms. The zero-order valence-corrected chi connectivity index (χ0v) is 15.8. The van der Waals surface area contributed by atoms with Crippen LogP contribution in [-0.2, 0) is 14.6 Å². The summed E-state index contributed by atoms with van der Waals surface area (Å²) in [6.07, 6.45) is 4.44. The standard InChI is InChI=1S/C19H27FN2O3S/c20-16-5-7-17(8-6-16)22-11-9-15(14-22)13-21-19(23)10-12-26(24,25)18-3-1-2-4-18/h5-8,15,18H,1-4,9-14H2,(H,21,23). The second kappa shape index (κ2) is 8.37. The van der Waals surface area contributed by atoms with Gasteiger partial charge in [0.05, 0.1) is 11.0 Å². The van der Waals surface area contributed by atoms with Gasteiger partial charge in [-0.25, -0.2) is 12.8 Å². The Morgan fingerprint density at radius 2 is 1.85 bits per heavy atom. The van der Waals surface area contributed by atoms with Crippen molar-refractivity contribution in [3.05, 3.63) is 30.1 Å². The molecule has 1 heterocycles. The van der Waals surface area contributed by atoms with Crippen LogP contribution >= 0.6 is 0 Å². The van der Waals surface area contributed by atoms with Crippen LogP contribution in [0.1, 0.15) is 38.5 Å². The molecule has 5 nitrogen and oxygen atoms in total. The Morgan fingerprint density at radius 1 is 1.15 bits per heavy atom. The fourth-order valence-corrected chi connectivity index (χ4v) is 5.74. The topological polar surface area (TPSA) is 66.5 Å². The van der Waals surface area contributed by atoms with Gasteiger partial charge in [-0.05, 0) is 49.4 Å². The molecule has 1 saturated carbocycles. The van der Waals surface area contributed by atoms with E-state index in [1.54, 1.807) is 12.1 Å². The number of rotatable bonds is 7. The van der Waals surface area contributed by atoms with E-state index in [-0.39, 0.29) is 29.1 Å². The highest BCUT2D eigenvalue weighted by Gasteiger charge is 2.29. The van der Waals surface area contributed by atoms with Gasteiger partial charge in [-0.15, -0.1) is 0 Å². The third-order valence-corrected chi connectivity index (χ3v) is 7.75. The molecular weight excluding hydrogens is 355 g/mol. The van der Waals surface area contributed by atoms with Gasteiger partial charge >= 0.3 is 0 Å². The lowest BCUT2D eigenvalue weighted by molar-refractivity contribution is -0.120. The number of amides is 1. The molecule has 1 N–H and O–H groups in total. The predicted octanol–water partition coefficient (Wildman–Crippen LogP) is 2.52. The largest absolute Gasteiger partial charge is 0.371 e. The first kappa shape index (κ1) is 19.1. The molecule has 7 heteroatoms. The molecule has 1 amide bonds. The molecule has 144 valence electrons. The van der Waals surface area contributed by atoms with E-state index in [4.69, 9.17) is 0 Å². The lowest BCUT2D eigenvalue weighted by atomic mass is 10.1. The highest BCUT2D eigenvalue weighted by Crippen LogP contribution is 2.26. The number of sulfone groups is 1. The van der Waals surface area contributed by atoms with Crippen molar-refractivity contribution in [2.45, 2.75) is 43.8 Å². The summed E-state index contributed by atoms with van der Waals surface area (Å²) in [5.74, 6) is -0.151. The van der Waals surface area contributed by atoms with Crippen molar-refractivity contribution in [3.63, 3.8) is 0 Å². The Kier molecular flexibility index (Phi) is 6.16. The molecule has 1 aromatic rings. The van der Waals surface area contributed by atoms with E-state index in [0.29, 0.717) is 12.5 Å². The average Bonchev–Trinajstić information content (AvgIpc) is 3.31. The summed E-state index contributed by atoms with van der Waals surface area (Å²) in [6.45, 7) is 2.24. The van der Waals surface area contributed by atoms with E-state index in [9.17, 15) is 17.6 Å². The number of benzene rings is 1. The van der Waals surface area contributed by atoms with Crippen molar-refractivity contribution in [1.82, 2.24) is 5.32 Å². The molecule has 26 heavy (non-hydrogen) atoms. The first-order valence-electron chi connectivity index (χ1n) is 9.43. The number of hydrogen-bond donors (Lipinski definition) is 1. The van der Waals surface area contributed by atoms with E-state index >= 15 is 0 Å². The fraction of sp³-hybridized carbons (Fsp3) is 0.632. The van der Waals surface area contributed by atoms with Crippen molar-refractivity contribution in [2.75, 3.05) is 30.3 Å². The van der Waals surface area contributed by atoms with Gasteiger partial charge in [-0.1, -0.05) is 12.8 Å². The Morgan fingerprint density at radius 3 is 2.54 bits per heavy atom. The first-order chi connectivity index (χ1) is 12.4. The molecular formula is C19H27FN2O3S. The second-order valence-electron chi connectivity index (χ2n) is 7.40. The van der Waals surface area contributed by atoms with Crippen LogP contribution in [0.2, 0.25) is 0 Å². The number of anilines is 1. The lowest BCUT2D eigenvalue weighted by Gasteiger charge is -2.19. The molecule has 0 aromatic heterocycles. The average molecular weight is 383 g/mol. The van der Waals surface area contributed by atoms with Gasteiger partial charge in [-0.3, -0.25) is 4.79 Å². The number of nitrogens with zero attached hydrogens (tertiary/aromatic N) is 1. The number of carbonyl (C=O) groups excluding carboxylic acids is 1. The van der Waals surface area contributed by atoms with E-state index in [1.165, 1.54) is 12.1 Å². The third kappa shape index (κ3) is 4.96. The molecule has 1 atom stereocenters. The zero-order valence-electron chi connectivity index (χ0n) is 15.0. The summed E-state index contributed by atoms with van der Waals surface area (Å²) in [5, 5.41) is 2.64. The quantitative estimate of drug-likeness (QED) is 0.787. The lowest BCUT2D eigenvalue weighted by Crippen LogP contribution is -2.33. The number of hydrogen-bond acceptors (Lipinski definition) is 4. The summed E-state index contributed by atoms with van der Waals surface area (Å²) in [5.41, 5.74) is 0.989. The summed E-state index contributed by atoms with van der Waals surface area (Å²) in [7, 11) is -3.14. The Balaban J connectivity index is 1.39. The Bertz CT molecular complexity index is 715.